The van der Waals surface area contributed by atoms with Crippen molar-refractivity contribution in [3.05, 3.63) is 59.7 Å². The van der Waals surface area contributed by atoms with E-state index >= 15 is 0 Å². The highest BCUT2D eigenvalue weighted by atomic mass is 16.1. The van der Waals surface area contributed by atoms with Crippen LogP contribution in [0.4, 0.5) is 11.4 Å². The van der Waals surface area contributed by atoms with Crippen molar-refractivity contribution < 1.29 is 4.79 Å². The zero-order valence-electron chi connectivity index (χ0n) is 16.5. The molecule has 2 rings (SSSR count). The molecule has 0 fully saturated rings. The minimum atomic E-state index is -0.0752. The summed E-state index contributed by atoms with van der Waals surface area (Å²) in [6.07, 6.45) is 3.36. The molecule has 1 N–H and O–H groups in total. The molecule has 0 aliphatic rings. The fraction of sp³-hybridized carbons (Fsp3) is 0.409. The predicted molar refractivity (Wildman–Crippen MR) is 111 cm³/mol. The van der Waals surface area contributed by atoms with E-state index in [2.05, 4.69) is 55.3 Å². The molecule has 4 nitrogen and oxygen atoms in total. The molecule has 0 aromatic heterocycles. The lowest BCUT2D eigenvalue weighted by Gasteiger charge is -2.19. The van der Waals surface area contributed by atoms with Crippen LogP contribution in [0, 0.1) is 0 Å². The van der Waals surface area contributed by atoms with E-state index < -0.39 is 0 Å². The van der Waals surface area contributed by atoms with E-state index in [0.717, 1.165) is 30.9 Å². The monoisotopic (exact) mass is 353 g/mol. The van der Waals surface area contributed by atoms with Crippen LogP contribution >= 0.6 is 0 Å². The molecule has 0 unspecified atom stereocenters. The van der Waals surface area contributed by atoms with Crippen molar-refractivity contribution in [2.45, 2.75) is 26.2 Å². The first-order valence-corrected chi connectivity index (χ1v) is 9.36. The van der Waals surface area contributed by atoms with Gasteiger partial charge in [0.05, 0.1) is 0 Å². The number of rotatable bonds is 9. The molecule has 4 heteroatoms. The molecule has 0 radical (unpaired) electrons. The second-order valence-electron chi connectivity index (χ2n) is 7.03. The van der Waals surface area contributed by atoms with Crippen LogP contribution in [0.3, 0.4) is 0 Å². The molecule has 0 bridgehead atoms. The van der Waals surface area contributed by atoms with Crippen LogP contribution in [-0.4, -0.2) is 45.0 Å². The van der Waals surface area contributed by atoms with Gasteiger partial charge in [-0.1, -0.05) is 25.5 Å². The Morgan fingerprint density at radius 1 is 0.923 bits per heavy atom. The topological polar surface area (TPSA) is 35.6 Å². The second kappa shape index (κ2) is 9.97. The Bertz CT molecular complexity index is 678. The third-order valence-electron chi connectivity index (χ3n) is 4.48. The summed E-state index contributed by atoms with van der Waals surface area (Å²) < 4.78 is 0. The Labute approximate surface area is 157 Å². The third-order valence-corrected chi connectivity index (χ3v) is 4.48. The third kappa shape index (κ3) is 6.19. The van der Waals surface area contributed by atoms with Crippen molar-refractivity contribution in [3.63, 3.8) is 0 Å². The molecule has 1 amide bonds. The van der Waals surface area contributed by atoms with Crippen molar-refractivity contribution in [3.8, 4) is 0 Å². The summed E-state index contributed by atoms with van der Waals surface area (Å²) in [6.45, 7) is 4.24. The number of unbranched alkanes of at least 4 members (excludes halogenated alkanes) is 1. The maximum atomic E-state index is 12.4. The molecule has 0 saturated heterocycles. The molecule has 0 atom stereocenters. The Morgan fingerprint density at radius 3 is 2.15 bits per heavy atom. The summed E-state index contributed by atoms with van der Waals surface area (Å²) in [5.41, 5.74) is 3.92. The van der Waals surface area contributed by atoms with Crippen LogP contribution < -0.4 is 10.2 Å². The fourth-order valence-corrected chi connectivity index (χ4v) is 2.70. The first-order chi connectivity index (χ1) is 12.5. The standard InChI is InChI=1S/C22H31N3O/c1-5-6-16-25(4)21-13-9-19(10-14-21)22(26)23-20-11-7-18(8-12-20)15-17-24(2)3/h7-14H,5-6,15-17H2,1-4H3,(H,23,26). The van der Waals surface area contributed by atoms with Gasteiger partial charge in [0.2, 0.25) is 0 Å². The van der Waals surface area contributed by atoms with Crippen molar-refractivity contribution in [2.75, 3.05) is 44.4 Å². The summed E-state index contributed by atoms with van der Waals surface area (Å²) in [6, 6.07) is 15.9. The molecular formula is C22H31N3O. The smallest absolute Gasteiger partial charge is 0.255 e. The Balaban J connectivity index is 1.92. The van der Waals surface area contributed by atoms with Crippen LogP contribution in [0.2, 0.25) is 0 Å². The molecule has 26 heavy (non-hydrogen) atoms. The maximum absolute atomic E-state index is 12.4. The zero-order chi connectivity index (χ0) is 18.9. The lowest BCUT2D eigenvalue weighted by atomic mass is 10.1. The number of carbonyl (C=O) groups is 1. The van der Waals surface area contributed by atoms with Gasteiger partial charge in [0.25, 0.3) is 5.91 Å². The molecular weight excluding hydrogens is 322 g/mol. The summed E-state index contributed by atoms with van der Waals surface area (Å²) in [7, 11) is 6.23. The van der Waals surface area contributed by atoms with Gasteiger partial charge in [-0.3, -0.25) is 4.79 Å². The number of benzene rings is 2. The van der Waals surface area contributed by atoms with Crippen molar-refractivity contribution in [1.29, 1.82) is 0 Å². The molecule has 0 heterocycles. The normalized spacial score (nSPS) is 10.8. The van der Waals surface area contributed by atoms with Gasteiger partial charge < -0.3 is 15.1 Å². The molecule has 0 saturated carbocycles. The van der Waals surface area contributed by atoms with Gasteiger partial charge in [0, 0.05) is 37.1 Å². The largest absolute Gasteiger partial charge is 0.375 e. The Hall–Kier alpha value is -2.33. The minimum Gasteiger partial charge on any atom is -0.375 e. The summed E-state index contributed by atoms with van der Waals surface area (Å²) >= 11 is 0. The minimum absolute atomic E-state index is 0.0752. The second-order valence-corrected chi connectivity index (χ2v) is 7.03. The number of anilines is 2. The SMILES string of the molecule is CCCCN(C)c1ccc(C(=O)Nc2ccc(CCN(C)C)cc2)cc1. The van der Waals surface area contributed by atoms with E-state index in [9.17, 15) is 4.79 Å². The van der Waals surface area contributed by atoms with E-state index in [-0.39, 0.29) is 5.91 Å². The number of likely N-dealkylation sites (N-methyl/N-ethyl adjacent to an activating group) is 1. The summed E-state index contributed by atoms with van der Waals surface area (Å²) in [5, 5.41) is 2.97. The number of carbonyl (C=O) groups excluding carboxylic acids is 1. The lowest BCUT2D eigenvalue weighted by Crippen LogP contribution is -2.18. The lowest BCUT2D eigenvalue weighted by molar-refractivity contribution is 0.102. The van der Waals surface area contributed by atoms with Gasteiger partial charge in [-0.05, 0) is 68.9 Å². The zero-order valence-corrected chi connectivity index (χ0v) is 16.5. The highest BCUT2D eigenvalue weighted by molar-refractivity contribution is 6.04. The van der Waals surface area contributed by atoms with E-state index in [1.54, 1.807) is 0 Å². The number of hydrogen-bond acceptors (Lipinski definition) is 3. The number of nitrogens with one attached hydrogen (secondary N) is 1. The highest BCUT2D eigenvalue weighted by Gasteiger charge is 2.07. The van der Waals surface area contributed by atoms with Crippen molar-refractivity contribution >= 4 is 17.3 Å². The molecule has 140 valence electrons. The number of hydrogen-bond donors (Lipinski definition) is 1. The fourth-order valence-electron chi connectivity index (χ4n) is 2.70. The first kappa shape index (κ1) is 20.0. The molecule has 2 aromatic carbocycles. The highest BCUT2D eigenvalue weighted by Crippen LogP contribution is 2.16. The van der Waals surface area contributed by atoms with Gasteiger partial charge in [-0.15, -0.1) is 0 Å². The molecule has 0 spiro atoms. The van der Waals surface area contributed by atoms with Crippen LogP contribution in [0.1, 0.15) is 35.7 Å². The summed E-state index contributed by atoms with van der Waals surface area (Å²) in [5.74, 6) is -0.0752. The summed E-state index contributed by atoms with van der Waals surface area (Å²) in [4.78, 5) is 16.8. The Kier molecular flexibility index (Phi) is 7.67. The van der Waals surface area contributed by atoms with Gasteiger partial charge in [0.15, 0.2) is 0 Å². The van der Waals surface area contributed by atoms with E-state index in [4.69, 9.17) is 0 Å². The molecule has 0 aliphatic carbocycles. The van der Waals surface area contributed by atoms with Crippen LogP contribution in [0.15, 0.2) is 48.5 Å². The van der Waals surface area contributed by atoms with Gasteiger partial charge in [-0.25, -0.2) is 0 Å². The average molecular weight is 354 g/mol. The van der Waals surface area contributed by atoms with Crippen LogP contribution in [0.5, 0.6) is 0 Å². The van der Waals surface area contributed by atoms with Crippen LogP contribution in [-0.2, 0) is 6.42 Å². The van der Waals surface area contributed by atoms with Gasteiger partial charge in [-0.2, -0.15) is 0 Å². The van der Waals surface area contributed by atoms with Crippen LogP contribution in [0.25, 0.3) is 0 Å². The first-order valence-electron chi connectivity index (χ1n) is 9.36. The van der Waals surface area contributed by atoms with Gasteiger partial charge in [0.1, 0.15) is 0 Å². The van der Waals surface area contributed by atoms with E-state index in [1.165, 1.54) is 18.4 Å². The average Bonchev–Trinajstić information content (AvgIpc) is 2.65. The number of nitrogens with zero attached hydrogens (tertiary/aromatic N) is 2. The van der Waals surface area contributed by atoms with Crippen molar-refractivity contribution in [2.24, 2.45) is 0 Å². The maximum Gasteiger partial charge on any atom is 0.255 e. The molecule has 2 aromatic rings. The van der Waals surface area contributed by atoms with E-state index in [0.29, 0.717) is 5.56 Å². The Morgan fingerprint density at radius 2 is 1.58 bits per heavy atom. The quantitative estimate of drug-likeness (QED) is 0.731. The van der Waals surface area contributed by atoms with E-state index in [1.807, 2.05) is 36.4 Å². The molecule has 0 aliphatic heterocycles. The van der Waals surface area contributed by atoms with Crippen molar-refractivity contribution in [1.82, 2.24) is 4.90 Å². The van der Waals surface area contributed by atoms with Gasteiger partial charge >= 0.3 is 0 Å². The predicted octanol–water partition coefficient (Wildman–Crippen LogP) is 4.28. The number of amides is 1.